The van der Waals surface area contributed by atoms with Gasteiger partial charge in [-0.05, 0) is 13.0 Å². The smallest absolute Gasteiger partial charge is 0.431 e. The van der Waals surface area contributed by atoms with Crippen LogP contribution in [0.5, 0.6) is 5.75 Å². The van der Waals surface area contributed by atoms with E-state index < -0.39 is 51.7 Å². The maximum absolute atomic E-state index is 14.7. The molecule has 3 unspecified atom stereocenters. The molecule has 3 atom stereocenters. The van der Waals surface area contributed by atoms with Gasteiger partial charge in [0.05, 0.1) is 10.7 Å². The van der Waals surface area contributed by atoms with Crippen molar-refractivity contribution in [3.05, 3.63) is 55.6 Å². The highest BCUT2D eigenvalue weighted by Crippen LogP contribution is 2.63. The molecule has 1 aromatic carbocycles. The van der Waals surface area contributed by atoms with Crippen LogP contribution in [0.25, 0.3) is 5.69 Å². The van der Waals surface area contributed by atoms with Crippen LogP contribution in [0, 0.1) is 17.2 Å². The highest BCUT2D eigenvalue weighted by molar-refractivity contribution is 6.32. The van der Waals surface area contributed by atoms with Gasteiger partial charge >= 0.3 is 11.9 Å². The molecule has 1 aliphatic carbocycles. The third kappa shape index (κ3) is 4.08. The summed E-state index contributed by atoms with van der Waals surface area (Å²) >= 11 is 6.12. The van der Waals surface area contributed by atoms with Crippen molar-refractivity contribution in [3.8, 4) is 11.4 Å². The Morgan fingerprint density at radius 1 is 1.27 bits per heavy atom. The number of ether oxygens (including phenoxy) is 2. The van der Waals surface area contributed by atoms with Crippen molar-refractivity contribution in [2.24, 2.45) is 18.4 Å². The molecule has 1 heterocycles. The fourth-order valence-corrected chi connectivity index (χ4v) is 3.98. The van der Waals surface area contributed by atoms with Gasteiger partial charge in [-0.25, -0.2) is 13.8 Å². The second kappa shape index (κ2) is 8.28. The predicted octanol–water partition coefficient (Wildman–Crippen LogP) is 3.70. The van der Waals surface area contributed by atoms with Crippen molar-refractivity contribution in [2.75, 3.05) is 6.61 Å². The first kappa shape index (κ1) is 25.0. The summed E-state index contributed by atoms with van der Waals surface area (Å²) in [6, 6.07) is 1.92. The largest absolute Gasteiger partial charge is 0.460 e. The summed E-state index contributed by atoms with van der Waals surface area (Å²) in [7, 11) is 0.812. The van der Waals surface area contributed by atoms with Crippen LogP contribution >= 0.6 is 11.6 Å². The van der Waals surface area contributed by atoms with Gasteiger partial charge in [0.1, 0.15) is 23.5 Å². The molecule has 0 N–H and O–H groups in total. The van der Waals surface area contributed by atoms with Crippen molar-refractivity contribution in [1.82, 2.24) is 9.13 Å². The van der Waals surface area contributed by atoms with Gasteiger partial charge < -0.3 is 14.3 Å². The van der Waals surface area contributed by atoms with Crippen molar-refractivity contribution >= 4 is 17.9 Å². The molecule has 1 aromatic heterocycles. The van der Waals surface area contributed by atoms with E-state index in [0.717, 1.165) is 25.5 Å². The van der Waals surface area contributed by atoms with E-state index in [1.165, 1.54) is 0 Å². The van der Waals surface area contributed by atoms with Gasteiger partial charge in [0.2, 0.25) is 5.79 Å². The molecule has 33 heavy (non-hydrogen) atoms. The van der Waals surface area contributed by atoms with Gasteiger partial charge in [0, 0.05) is 43.5 Å². The highest BCUT2D eigenvalue weighted by atomic mass is 35.5. The Kier molecular flexibility index (Phi) is 6.27. The van der Waals surface area contributed by atoms with Crippen LogP contribution in [0.1, 0.15) is 32.9 Å². The molecule has 0 saturated heterocycles. The zero-order valence-corrected chi connectivity index (χ0v) is 18.9. The molecule has 12 heteroatoms. The molecule has 2 aromatic rings. The van der Waals surface area contributed by atoms with Gasteiger partial charge in [0.25, 0.3) is 5.56 Å². The number of rotatable bonds is 7. The van der Waals surface area contributed by atoms with Crippen LogP contribution in [-0.4, -0.2) is 27.8 Å². The van der Waals surface area contributed by atoms with Crippen LogP contribution in [-0.2, 0) is 22.8 Å². The second-order valence-electron chi connectivity index (χ2n) is 8.08. The van der Waals surface area contributed by atoms with Crippen molar-refractivity contribution in [2.45, 2.75) is 39.2 Å². The molecule has 180 valence electrons. The summed E-state index contributed by atoms with van der Waals surface area (Å²) < 4.78 is 66.2. The second-order valence-corrected chi connectivity index (χ2v) is 8.49. The first-order chi connectivity index (χ1) is 15.2. The van der Waals surface area contributed by atoms with E-state index in [4.69, 9.17) is 21.1 Å². The topological polar surface area (TPSA) is 79.5 Å². The van der Waals surface area contributed by atoms with E-state index in [0.29, 0.717) is 6.42 Å². The predicted molar refractivity (Wildman–Crippen MR) is 110 cm³/mol. The number of hydrogen-bond acceptors (Lipinski definition) is 5. The number of benzene rings is 1. The molecule has 0 amide bonds. The number of halogens is 5. The van der Waals surface area contributed by atoms with Crippen molar-refractivity contribution in [1.29, 1.82) is 0 Å². The number of aromatic nitrogens is 2. The van der Waals surface area contributed by atoms with E-state index >= 15 is 0 Å². The monoisotopic (exact) mass is 492 g/mol. The van der Waals surface area contributed by atoms with E-state index in [1.54, 1.807) is 20.8 Å². The average molecular weight is 493 g/mol. The van der Waals surface area contributed by atoms with Crippen molar-refractivity contribution < 1.29 is 31.8 Å². The summed E-state index contributed by atoms with van der Waals surface area (Å²) in [5, 5.41) is -0.222. The molecule has 0 bridgehead atoms. The lowest BCUT2D eigenvalue weighted by molar-refractivity contribution is -0.144. The molecule has 1 fully saturated rings. The summed E-state index contributed by atoms with van der Waals surface area (Å²) in [5.41, 5.74) is -5.66. The maximum atomic E-state index is 14.7. The number of hydrogen-bond donors (Lipinski definition) is 0. The van der Waals surface area contributed by atoms with Crippen LogP contribution in [0.2, 0.25) is 5.02 Å². The lowest BCUT2D eigenvalue weighted by Crippen LogP contribution is -2.41. The van der Waals surface area contributed by atoms with Gasteiger partial charge in [0.15, 0.2) is 0 Å². The Morgan fingerprint density at radius 2 is 1.91 bits per heavy atom. The minimum absolute atomic E-state index is 0.169. The highest BCUT2D eigenvalue weighted by Gasteiger charge is 2.71. The Labute approximate surface area is 190 Å². The van der Waals surface area contributed by atoms with Gasteiger partial charge in [-0.2, -0.15) is 13.2 Å². The van der Waals surface area contributed by atoms with E-state index in [-0.39, 0.29) is 32.6 Å². The molecule has 3 rings (SSSR count). The summed E-state index contributed by atoms with van der Waals surface area (Å²) in [5.74, 6) is -3.04. The average Bonchev–Trinajstić information content (AvgIpc) is 3.31. The maximum Gasteiger partial charge on any atom is 0.431 e. The normalized spacial score (nSPS) is 23.3. The van der Waals surface area contributed by atoms with E-state index in [2.05, 4.69) is 0 Å². The molecule has 0 spiro atoms. The number of alkyl halides is 3. The lowest BCUT2D eigenvalue weighted by Gasteiger charge is -2.26. The Balaban J connectivity index is 2.14. The van der Waals surface area contributed by atoms with Gasteiger partial charge in [-0.3, -0.25) is 9.36 Å². The van der Waals surface area contributed by atoms with Crippen molar-refractivity contribution in [3.63, 3.8) is 0 Å². The summed E-state index contributed by atoms with van der Waals surface area (Å²) in [6.07, 6.45) is -3.92. The molecular formula is C21H21ClF4N2O5. The molecule has 7 nitrogen and oxygen atoms in total. The minimum atomic E-state index is -4.96. The zero-order valence-electron chi connectivity index (χ0n) is 18.1. The third-order valence-corrected chi connectivity index (χ3v) is 6.35. The Morgan fingerprint density at radius 3 is 2.45 bits per heavy atom. The summed E-state index contributed by atoms with van der Waals surface area (Å²) in [4.78, 5) is 36.3. The van der Waals surface area contributed by atoms with Crippen LogP contribution in [0.4, 0.5) is 17.6 Å². The molecule has 1 saturated carbocycles. The molecule has 1 aliphatic rings. The fraction of sp³-hybridized carbons (Fsp3) is 0.476. The van der Waals surface area contributed by atoms with E-state index in [9.17, 15) is 31.9 Å². The SMILES string of the molecule is CCOC1(Oc2cc(-n3c(=O)cc(C(F)(F)F)n(C)c3=O)c(F)cc2Cl)CC1(C)C(C)C=O. The van der Waals surface area contributed by atoms with Gasteiger partial charge in [-0.1, -0.05) is 25.4 Å². The van der Waals surface area contributed by atoms with Gasteiger partial charge in [-0.15, -0.1) is 0 Å². The Bertz CT molecular complexity index is 1220. The zero-order chi connectivity index (χ0) is 24.9. The quantitative estimate of drug-likeness (QED) is 0.334. The minimum Gasteiger partial charge on any atom is -0.460 e. The Hall–Kier alpha value is -2.66. The van der Waals surface area contributed by atoms with Crippen LogP contribution in [0.3, 0.4) is 0 Å². The number of nitrogens with zero attached hydrogens (tertiary/aromatic N) is 2. The van der Waals surface area contributed by atoms with E-state index in [1.807, 2.05) is 0 Å². The molecule has 0 aliphatic heterocycles. The van der Waals surface area contributed by atoms with Crippen LogP contribution < -0.4 is 16.0 Å². The first-order valence-electron chi connectivity index (χ1n) is 9.90. The standard InChI is InChI=1S/C21H21ClF4N2O5/c1-5-32-20(10-19(20,3)11(2)9-29)33-15-7-14(13(23)6-12(15)22)28-17(30)8-16(21(24,25)26)27(4)18(28)31/h6-9,11H,5,10H2,1-4H3. The lowest BCUT2D eigenvalue weighted by atomic mass is 9.93. The molecular weight excluding hydrogens is 472 g/mol. The number of carbonyl (C=O) groups is 1. The summed E-state index contributed by atoms with van der Waals surface area (Å²) in [6.45, 7) is 5.36. The first-order valence-corrected chi connectivity index (χ1v) is 10.3. The fourth-order valence-electron chi connectivity index (χ4n) is 3.79. The number of carbonyl (C=O) groups excluding carboxylic acids is 1. The van der Waals surface area contributed by atoms with Crippen LogP contribution in [0.15, 0.2) is 27.8 Å². The number of aldehydes is 1. The third-order valence-electron chi connectivity index (χ3n) is 6.06. The molecule has 0 radical (unpaired) electrons.